The maximum Gasteiger partial charge on any atom is 0.115 e. The van der Waals surface area contributed by atoms with Crippen molar-refractivity contribution in [3.05, 3.63) is 65.7 Å². The minimum atomic E-state index is -0.310. The Morgan fingerprint density at radius 1 is 0.944 bits per heavy atom. The smallest absolute Gasteiger partial charge is 0.115 e. The summed E-state index contributed by atoms with van der Waals surface area (Å²) in [7, 11) is 0. The summed E-state index contributed by atoms with van der Waals surface area (Å²) in [5.41, 5.74) is 8.34. The average molecular weight is 241 g/mol. The lowest BCUT2D eigenvalue weighted by molar-refractivity contribution is 0.456. The van der Waals surface area contributed by atoms with Gasteiger partial charge in [-0.25, -0.2) is 0 Å². The van der Waals surface area contributed by atoms with Crippen LogP contribution in [0.1, 0.15) is 18.1 Å². The number of aromatic hydroxyl groups is 1. The standard InChI is InChI=1S/C16H19NO/c1-16(17,11-13-6-3-2-4-7-13)12-14-8-5-9-15(18)10-14/h2-10,18H,11-12,17H2,1H3. The fraction of sp³-hybridized carbons (Fsp3) is 0.250. The SMILES string of the molecule is CC(N)(Cc1ccccc1)Cc1cccc(O)c1. The molecule has 2 aromatic carbocycles. The topological polar surface area (TPSA) is 46.2 Å². The van der Waals surface area contributed by atoms with E-state index in [1.165, 1.54) is 5.56 Å². The zero-order chi connectivity index (χ0) is 13.0. The van der Waals surface area contributed by atoms with Crippen molar-refractivity contribution >= 4 is 0 Å². The van der Waals surface area contributed by atoms with Gasteiger partial charge < -0.3 is 10.8 Å². The minimum absolute atomic E-state index is 0.294. The first-order chi connectivity index (χ1) is 8.55. The number of rotatable bonds is 4. The number of phenols is 1. The molecule has 0 amide bonds. The van der Waals surface area contributed by atoms with Crippen molar-refractivity contribution in [3.8, 4) is 5.75 Å². The van der Waals surface area contributed by atoms with Crippen molar-refractivity contribution in [1.29, 1.82) is 0 Å². The Kier molecular flexibility index (Phi) is 3.68. The van der Waals surface area contributed by atoms with Crippen LogP contribution < -0.4 is 5.73 Å². The number of nitrogens with two attached hydrogens (primary N) is 1. The van der Waals surface area contributed by atoms with Gasteiger partial charge in [-0.2, -0.15) is 0 Å². The molecule has 0 bridgehead atoms. The van der Waals surface area contributed by atoms with E-state index in [1.807, 2.05) is 37.3 Å². The van der Waals surface area contributed by atoms with Gasteiger partial charge in [0.1, 0.15) is 5.75 Å². The van der Waals surface area contributed by atoms with Crippen LogP contribution in [-0.4, -0.2) is 10.6 Å². The van der Waals surface area contributed by atoms with Crippen molar-refractivity contribution in [3.63, 3.8) is 0 Å². The van der Waals surface area contributed by atoms with Gasteiger partial charge in [0.05, 0.1) is 0 Å². The Morgan fingerprint density at radius 3 is 2.22 bits per heavy atom. The Balaban J connectivity index is 2.07. The quantitative estimate of drug-likeness (QED) is 0.864. The summed E-state index contributed by atoms with van der Waals surface area (Å²) >= 11 is 0. The summed E-state index contributed by atoms with van der Waals surface area (Å²) in [4.78, 5) is 0. The molecule has 0 saturated carbocycles. The lowest BCUT2D eigenvalue weighted by Gasteiger charge is -2.25. The van der Waals surface area contributed by atoms with Crippen LogP contribution in [0.3, 0.4) is 0 Å². The van der Waals surface area contributed by atoms with Gasteiger partial charge in [0, 0.05) is 5.54 Å². The molecule has 0 aromatic heterocycles. The molecule has 0 aliphatic rings. The number of hydrogen-bond acceptors (Lipinski definition) is 2. The molecule has 1 unspecified atom stereocenters. The number of benzene rings is 2. The molecular weight excluding hydrogens is 222 g/mol. The molecule has 0 radical (unpaired) electrons. The molecular formula is C16H19NO. The molecule has 1 atom stereocenters. The third-order valence-corrected chi connectivity index (χ3v) is 2.97. The first-order valence-corrected chi connectivity index (χ1v) is 6.16. The molecule has 2 nitrogen and oxygen atoms in total. The van der Waals surface area contributed by atoms with E-state index in [-0.39, 0.29) is 5.54 Å². The van der Waals surface area contributed by atoms with E-state index in [9.17, 15) is 5.11 Å². The second kappa shape index (κ2) is 5.23. The van der Waals surface area contributed by atoms with Crippen LogP contribution in [0.5, 0.6) is 5.75 Å². The van der Waals surface area contributed by atoms with Gasteiger partial charge in [-0.3, -0.25) is 0 Å². The van der Waals surface area contributed by atoms with Crippen LogP contribution in [-0.2, 0) is 12.8 Å². The normalized spacial score (nSPS) is 14.1. The van der Waals surface area contributed by atoms with Crippen molar-refractivity contribution in [2.75, 3.05) is 0 Å². The second-order valence-corrected chi connectivity index (χ2v) is 5.16. The number of phenolic OH excluding ortho intramolecular Hbond substituents is 1. The van der Waals surface area contributed by atoms with E-state index < -0.39 is 0 Å². The fourth-order valence-corrected chi connectivity index (χ4v) is 2.26. The largest absolute Gasteiger partial charge is 0.508 e. The summed E-state index contributed by atoms with van der Waals surface area (Å²) in [5.74, 6) is 0.294. The molecule has 0 saturated heterocycles. The third-order valence-electron chi connectivity index (χ3n) is 2.97. The lowest BCUT2D eigenvalue weighted by Crippen LogP contribution is -2.40. The predicted molar refractivity (Wildman–Crippen MR) is 74.5 cm³/mol. The first kappa shape index (κ1) is 12.7. The zero-order valence-electron chi connectivity index (χ0n) is 10.6. The van der Waals surface area contributed by atoms with Crippen LogP contribution in [0, 0.1) is 0 Å². The third kappa shape index (κ3) is 3.60. The summed E-state index contributed by atoms with van der Waals surface area (Å²) in [6.07, 6.45) is 1.57. The molecule has 0 fully saturated rings. The predicted octanol–water partition coefficient (Wildman–Crippen LogP) is 2.89. The Bertz CT molecular complexity index is 506. The van der Waals surface area contributed by atoms with Crippen LogP contribution in [0.4, 0.5) is 0 Å². The monoisotopic (exact) mass is 241 g/mol. The molecule has 0 heterocycles. The van der Waals surface area contributed by atoms with E-state index in [0.717, 1.165) is 18.4 Å². The molecule has 2 rings (SSSR count). The maximum atomic E-state index is 9.46. The highest BCUT2D eigenvalue weighted by Gasteiger charge is 2.19. The second-order valence-electron chi connectivity index (χ2n) is 5.16. The van der Waals surface area contributed by atoms with Gasteiger partial charge in [-0.05, 0) is 43.0 Å². The van der Waals surface area contributed by atoms with Gasteiger partial charge in [-0.1, -0.05) is 42.5 Å². The van der Waals surface area contributed by atoms with E-state index in [2.05, 4.69) is 12.1 Å². The zero-order valence-corrected chi connectivity index (χ0v) is 10.6. The highest BCUT2D eigenvalue weighted by atomic mass is 16.3. The average Bonchev–Trinajstić information content (AvgIpc) is 2.28. The molecule has 2 heteroatoms. The minimum Gasteiger partial charge on any atom is -0.508 e. The van der Waals surface area contributed by atoms with Crippen molar-refractivity contribution < 1.29 is 5.11 Å². The Labute approximate surface area is 108 Å². The van der Waals surface area contributed by atoms with Gasteiger partial charge in [-0.15, -0.1) is 0 Å². The molecule has 2 aromatic rings. The molecule has 94 valence electrons. The van der Waals surface area contributed by atoms with E-state index >= 15 is 0 Å². The number of hydrogen-bond donors (Lipinski definition) is 2. The van der Waals surface area contributed by atoms with Gasteiger partial charge in [0.25, 0.3) is 0 Å². The Morgan fingerprint density at radius 2 is 1.56 bits per heavy atom. The van der Waals surface area contributed by atoms with Crippen LogP contribution in [0.15, 0.2) is 54.6 Å². The highest BCUT2D eigenvalue weighted by Crippen LogP contribution is 2.19. The summed E-state index contributed by atoms with van der Waals surface area (Å²) in [5, 5.41) is 9.46. The Hall–Kier alpha value is -1.80. The highest BCUT2D eigenvalue weighted by molar-refractivity contribution is 5.29. The van der Waals surface area contributed by atoms with E-state index in [0.29, 0.717) is 5.75 Å². The van der Waals surface area contributed by atoms with Crippen molar-refractivity contribution in [2.24, 2.45) is 5.73 Å². The molecule has 0 aliphatic heterocycles. The van der Waals surface area contributed by atoms with Gasteiger partial charge >= 0.3 is 0 Å². The van der Waals surface area contributed by atoms with Gasteiger partial charge in [0.2, 0.25) is 0 Å². The summed E-state index contributed by atoms with van der Waals surface area (Å²) in [6.45, 7) is 2.05. The molecule has 3 N–H and O–H groups in total. The molecule has 18 heavy (non-hydrogen) atoms. The van der Waals surface area contributed by atoms with E-state index in [1.54, 1.807) is 12.1 Å². The van der Waals surface area contributed by atoms with E-state index in [4.69, 9.17) is 5.73 Å². The van der Waals surface area contributed by atoms with Crippen LogP contribution in [0.25, 0.3) is 0 Å². The molecule has 0 aliphatic carbocycles. The molecule has 0 spiro atoms. The lowest BCUT2D eigenvalue weighted by atomic mass is 9.87. The van der Waals surface area contributed by atoms with Crippen LogP contribution in [0.2, 0.25) is 0 Å². The first-order valence-electron chi connectivity index (χ1n) is 6.16. The van der Waals surface area contributed by atoms with Crippen molar-refractivity contribution in [1.82, 2.24) is 0 Å². The van der Waals surface area contributed by atoms with Crippen LogP contribution >= 0.6 is 0 Å². The summed E-state index contributed by atoms with van der Waals surface area (Å²) < 4.78 is 0. The van der Waals surface area contributed by atoms with Gasteiger partial charge in [0.15, 0.2) is 0 Å². The fourth-order valence-electron chi connectivity index (χ4n) is 2.26. The maximum absolute atomic E-state index is 9.46. The summed E-state index contributed by atoms with van der Waals surface area (Å²) in [6, 6.07) is 17.5. The van der Waals surface area contributed by atoms with Crippen molar-refractivity contribution in [2.45, 2.75) is 25.3 Å².